The molecule has 0 amide bonds. The molecular weight excluding hydrogens is 221 g/mol. The van der Waals surface area contributed by atoms with Crippen molar-refractivity contribution in [3.8, 4) is 0 Å². The summed E-state index contributed by atoms with van der Waals surface area (Å²) in [6.45, 7) is 14.3. The molecule has 0 aromatic rings. The molecule has 0 fully saturated rings. The smallest absolute Gasteiger partial charge is 0.192 e. The first kappa shape index (κ1) is 16.1. The number of rotatable bonds is 5. The van der Waals surface area contributed by atoms with Gasteiger partial charge in [0.25, 0.3) is 0 Å². The molecule has 1 unspecified atom stereocenters. The molecule has 0 rings (SSSR count). The first-order valence-corrected chi connectivity index (χ1v) is 8.87. The second kappa shape index (κ2) is 5.15. The Balaban J connectivity index is 4.34. The van der Waals surface area contributed by atoms with Gasteiger partial charge in [-0.1, -0.05) is 20.8 Å². The van der Waals surface area contributed by atoms with Crippen LogP contribution in [0.1, 0.15) is 41.0 Å². The highest BCUT2D eigenvalue weighted by atomic mass is 28.4. The predicted octanol–water partition coefficient (Wildman–Crippen LogP) is 3.47. The topological polar surface area (TPSA) is 35.2 Å². The molecule has 4 heteroatoms. The van der Waals surface area contributed by atoms with Gasteiger partial charge in [0, 0.05) is 6.04 Å². The van der Waals surface area contributed by atoms with E-state index in [0.29, 0.717) is 6.42 Å². The number of halogens is 1. The molecule has 0 aromatic heterocycles. The average Bonchev–Trinajstić information content (AvgIpc) is 1.96. The van der Waals surface area contributed by atoms with Crippen molar-refractivity contribution in [3.63, 3.8) is 0 Å². The second-order valence-electron chi connectivity index (χ2n) is 6.64. The maximum Gasteiger partial charge on any atom is 0.192 e. The van der Waals surface area contributed by atoms with E-state index in [9.17, 15) is 4.39 Å². The van der Waals surface area contributed by atoms with Crippen molar-refractivity contribution >= 4 is 8.32 Å². The molecule has 2 N–H and O–H groups in total. The first-order valence-electron chi connectivity index (χ1n) is 5.96. The van der Waals surface area contributed by atoms with Crippen LogP contribution >= 0.6 is 0 Å². The van der Waals surface area contributed by atoms with Crippen molar-refractivity contribution in [2.45, 2.75) is 70.9 Å². The van der Waals surface area contributed by atoms with Gasteiger partial charge in [-0.15, -0.1) is 0 Å². The van der Waals surface area contributed by atoms with Crippen molar-refractivity contribution < 1.29 is 8.82 Å². The summed E-state index contributed by atoms with van der Waals surface area (Å²) in [7, 11) is -1.85. The van der Waals surface area contributed by atoms with Crippen LogP contribution in [0.15, 0.2) is 0 Å². The predicted molar refractivity (Wildman–Crippen MR) is 70.9 cm³/mol. The zero-order valence-corrected chi connectivity index (χ0v) is 12.9. The third-order valence-electron chi connectivity index (χ3n) is 3.29. The molecule has 2 atom stereocenters. The van der Waals surface area contributed by atoms with Gasteiger partial charge < -0.3 is 10.2 Å². The van der Waals surface area contributed by atoms with Gasteiger partial charge in [-0.25, -0.2) is 4.39 Å². The molecule has 0 aliphatic heterocycles. The van der Waals surface area contributed by atoms with Gasteiger partial charge in [0.15, 0.2) is 8.32 Å². The Morgan fingerprint density at radius 3 is 2.00 bits per heavy atom. The third-order valence-corrected chi connectivity index (χ3v) is 7.77. The Morgan fingerprint density at radius 2 is 1.69 bits per heavy atom. The summed E-state index contributed by atoms with van der Waals surface area (Å²) >= 11 is 0. The van der Waals surface area contributed by atoms with Crippen molar-refractivity contribution in [2.24, 2.45) is 5.73 Å². The van der Waals surface area contributed by atoms with Crippen LogP contribution in [-0.2, 0) is 4.43 Å². The molecule has 0 aliphatic rings. The zero-order valence-electron chi connectivity index (χ0n) is 11.9. The molecule has 98 valence electrons. The van der Waals surface area contributed by atoms with Crippen LogP contribution in [0, 0.1) is 0 Å². The van der Waals surface area contributed by atoms with Crippen LogP contribution in [0.25, 0.3) is 0 Å². The summed E-state index contributed by atoms with van der Waals surface area (Å²) < 4.78 is 19.9. The van der Waals surface area contributed by atoms with Crippen molar-refractivity contribution in [1.29, 1.82) is 0 Å². The Hall–Kier alpha value is 0.0669. The lowest BCUT2D eigenvalue weighted by atomic mass is 10.0. The largest absolute Gasteiger partial charge is 0.414 e. The second-order valence-corrected chi connectivity index (χ2v) is 11.5. The van der Waals surface area contributed by atoms with E-state index in [1.165, 1.54) is 0 Å². The molecule has 2 nitrogen and oxygen atoms in total. The van der Waals surface area contributed by atoms with Gasteiger partial charge in [0.2, 0.25) is 0 Å². The van der Waals surface area contributed by atoms with E-state index in [-0.39, 0.29) is 17.7 Å². The van der Waals surface area contributed by atoms with Gasteiger partial charge in [0.1, 0.15) is 5.67 Å². The van der Waals surface area contributed by atoms with Crippen molar-refractivity contribution in [1.82, 2.24) is 0 Å². The third kappa shape index (κ3) is 5.41. The Bertz CT molecular complexity index is 222. The molecule has 0 aromatic carbocycles. The lowest BCUT2D eigenvalue weighted by molar-refractivity contribution is 0.0803. The van der Waals surface area contributed by atoms with Crippen LogP contribution in [0.3, 0.4) is 0 Å². The van der Waals surface area contributed by atoms with Gasteiger partial charge in [0.05, 0.1) is 6.61 Å². The van der Waals surface area contributed by atoms with Crippen LogP contribution in [-0.4, -0.2) is 26.6 Å². The summed E-state index contributed by atoms with van der Waals surface area (Å²) in [5.41, 5.74) is 4.30. The molecule has 0 bridgehead atoms. The fraction of sp³-hybridized carbons (Fsp3) is 1.00. The van der Waals surface area contributed by atoms with Gasteiger partial charge >= 0.3 is 0 Å². The van der Waals surface area contributed by atoms with E-state index in [1.807, 2.05) is 6.92 Å². The molecule has 0 saturated carbocycles. The lowest BCUT2D eigenvalue weighted by Gasteiger charge is -2.38. The Morgan fingerprint density at radius 1 is 1.25 bits per heavy atom. The van der Waals surface area contributed by atoms with Crippen LogP contribution in [0.5, 0.6) is 0 Å². The van der Waals surface area contributed by atoms with E-state index in [1.54, 1.807) is 6.92 Å². The maximum atomic E-state index is 14.1. The lowest BCUT2D eigenvalue weighted by Crippen LogP contribution is -2.45. The van der Waals surface area contributed by atoms with Crippen LogP contribution < -0.4 is 5.73 Å². The van der Waals surface area contributed by atoms with Crippen LogP contribution in [0.2, 0.25) is 18.1 Å². The quantitative estimate of drug-likeness (QED) is 0.757. The van der Waals surface area contributed by atoms with Gasteiger partial charge in [-0.2, -0.15) is 0 Å². The normalized spacial score (nSPS) is 19.3. The van der Waals surface area contributed by atoms with E-state index in [4.69, 9.17) is 10.2 Å². The molecule has 0 spiro atoms. The minimum absolute atomic E-state index is 0.122. The van der Waals surface area contributed by atoms with Gasteiger partial charge in [-0.05, 0) is 38.4 Å². The highest BCUT2D eigenvalue weighted by Gasteiger charge is 2.39. The highest BCUT2D eigenvalue weighted by Crippen LogP contribution is 2.37. The fourth-order valence-corrected chi connectivity index (χ4v) is 2.37. The SMILES string of the molecule is C[C@H](N)CC(C)(F)CO[Si](C)(C)C(C)(C)C. The van der Waals surface area contributed by atoms with Crippen LogP contribution in [0.4, 0.5) is 4.39 Å². The molecule has 0 aliphatic carbocycles. The van der Waals surface area contributed by atoms with E-state index < -0.39 is 14.0 Å². The number of hydrogen-bond donors (Lipinski definition) is 1. The zero-order chi connectivity index (χ0) is 13.2. The standard InChI is InChI=1S/C12H28FNOSi/c1-10(14)8-12(5,13)9-15-16(6,7)11(2,3)4/h10H,8-9,14H2,1-7H3/t10-,12?/m0/s1. The van der Waals surface area contributed by atoms with E-state index in [0.717, 1.165) is 0 Å². The minimum atomic E-state index is -1.85. The molecular formula is C12H28FNOSi. The number of hydrogen-bond acceptors (Lipinski definition) is 2. The minimum Gasteiger partial charge on any atom is -0.414 e. The maximum absolute atomic E-state index is 14.1. The number of alkyl halides is 1. The Kier molecular flexibility index (Phi) is 5.17. The summed E-state index contributed by atoms with van der Waals surface area (Å²) in [5, 5.41) is 0.122. The first-order chi connectivity index (χ1) is 6.87. The monoisotopic (exact) mass is 249 g/mol. The summed E-state index contributed by atoms with van der Waals surface area (Å²) in [5.74, 6) is 0. The summed E-state index contributed by atoms with van der Waals surface area (Å²) in [4.78, 5) is 0. The Labute approximate surface area is 101 Å². The van der Waals surface area contributed by atoms with Gasteiger partial charge in [-0.3, -0.25) is 0 Å². The average molecular weight is 249 g/mol. The van der Waals surface area contributed by atoms with Crippen molar-refractivity contribution in [2.75, 3.05) is 6.61 Å². The van der Waals surface area contributed by atoms with E-state index >= 15 is 0 Å². The van der Waals surface area contributed by atoms with Crippen molar-refractivity contribution in [3.05, 3.63) is 0 Å². The summed E-state index contributed by atoms with van der Waals surface area (Å²) in [6.07, 6.45) is 0.349. The summed E-state index contributed by atoms with van der Waals surface area (Å²) in [6, 6.07) is -0.127. The number of nitrogens with two attached hydrogens (primary N) is 1. The highest BCUT2D eigenvalue weighted by molar-refractivity contribution is 6.74. The molecule has 16 heavy (non-hydrogen) atoms. The van der Waals surface area contributed by atoms with E-state index in [2.05, 4.69) is 33.9 Å². The molecule has 0 radical (unpaired) electrons. The molecule has 0 saturated heterocycles. The fourth-order valence-electron chi connectivity index (χ4n) is 1.28. The molecule has 0 heterocycles.